The van der Waals surface area contributed by atoms with Crippen molar-refractivity contribution in [2.24, 2.45) is 5.73 Å². The van der Waals surface area contributed by atoms with Gasteiger partial charge in [0.05, 0.1) is 17.1 Å². The molecule has 0 spiro atoms. The van der Waals surface area contributed by atoms with Gasteiger partial charge in [0.1, 0.15) is 5.82 Å². The molecule has 0 unspecified atom stereocenters. The molecule has 3 aromatic rings. The molecule has 27 heavy (non-hydrogen) atoms. The molecule has 4 rings (SSSR count). The van der Waals surface area contributed by atoms with Gasteiger partial charge in [-0.15, -0.1) is 32.9 Å². The van der Waals surface area contributed by atoms with Gasteiger partial charge in [-0.2, -0.15) is 0 Å². The first-order valence-corrected chi connectivity index (χ1v) is 11.3. The number of rotatable bonds is 9. The van der Waals surface area contributed by atoms with Gasteiger partial charge < -0.3 is 10.3 Å². The molecule has 1 fully saturated rings. The lowest BCUT2D eigenvalue weighted by molar-refractivity contribution is -0.117. The Kier molecular flexibility index (Phi) is 5.42. The number of carbonyl (C=O) groups excluding carboxylic acids is 2. The number of carbonyl (C=O) groups is 2. The molecule has 1 amide bonds. The average molecular weight is 419 g/mol. The second-order valence-corrected chi connectivity index (χ2v) is 9.52. The maximum atomic E-state index is 12.5. The minimum atomic E-state index is -0.388. The van der Waals surface area contributed by atoms with Gasteiger partial charge in [0.25, 0.3) is 0 Å². The normalized spacial score (nSPS) is 13.8. The minimum Gasteiger partial charge on any atom is -0.369 e. The number of amides is 1. The lowest BCUT2D eigenvalue weighted by Gasteiger charge is -2.07. The highest BCUT2D eigenvalue weighted by Crippen LogP contribution is 2.39. The Morgan fingerprint density at radius 1 is 1.22 bits per heavy atom. The van der Waals surface area contributed by atoms with Crippen LogP contribution in [0.5, 0.6) is 0 Å². The first-order valence-electron chi connectivity index (χ1n) is 8.59. The molecule has 0 aliphatic heterocycles. The number of nitrogens with two attached hydrogens (primary N) is 1. The van der Waals surface area contributed by atoms with Crippen LogP contribution in [0.2, 0.25) is 0 Å². The molecular formula is C18H18N4O2S3. The molecule has 0 bridgehead atoms. The summed E-state index contributed by atoms with van der Waals surface area (Å²) in [6, 6.07) is 8.16. The summed E-state index contributed by atoms with van der Waals surface area (Å²) in [7, 11) is 0. The van der Waals surface area contributed by atoms with Gasteiger partial charge in [-0.25, -0.2) is 0 Å². The Morgan fingerprint density at radius 3 is 2.78 bits per heavy atom. The zero-order valence-electron chi connectivity index (χ0n) is 14.5. The van der Waals surface area contributed by atoms with E-state index in [1.807, 2.05) is 6.07 Å². The van der Waals surface area contributed by atoms with Gasteiger partial charge in [-0.3, -0.25) is 9.59 Å². The lowest BCUT2D eigenvalue weighted by Crippen LogP contribution is -2.12. The molecule has 1 aliphatic carbocycles. The summed E-state index contributed by atoms with van der Waals surface area (Å²) in [5.74, 6) is 0.919. The molecule has 6 nitrogen and oxygen atoms in total. The van der Waals surface area contributed by atoms with Crippen molar-refractivity contribution in [2.45, 2.75) is 36.9 Å². The molecule has 0 saturated heterocycles. The molecule has 1 saturated carbocycles. The molecule has 0 radical (unpaired) electrons. The van der Waals surface area contributed by atoms with Crippen LogP contribution in [-0.4, -0.2) is 32.2 Å². The molecule has 1 aliphatic rings. The number of primary amides is 1. The summed E-state index contributed by atoms with van der Waals surface area (Å²) >= 11 is 4.48. The number of thioether (sulfide) groups is 1. The second-order valence-electron chi connectivity index (χ2n) is 6.38. The first kappa shape index (κ1) is 18.4. The van der Waals surface area contributed by atoms with Gasteiger partial charge in [0, 0.05) is 22.2 Å². The Balaban J connectivity index is 1.43. The Morgan fingerprint density at radius 2 is 2.07 bits per heavy atom. The Labute approximate surface area is 168 Å². The predicted octanol–water partition coefficient (Wildman–Crippen LogP) is 3.33. The van der Waals surface area contributed by atoms with Gasteiger partial charge in [0.2, 0.25) is 5.91 Å². The van der Waals surface area contributed by atoms with Gasteiger partial charge in [0.15, 0.2) is 10.9 Å². The van der Waals surface area contributed by atoms with E-state index >= 15 is 0 Å². The number of hydrogen-bond donors (Lipinski definition) is 1. The van der Waals surface area contributed by atoms with Crippen molar-refractivity contribution < 1.29 is 9.59 Å². The van der Waals surface area contributed by atoms with Crippen LogP contribution in [0.1, 0.15) is 44.1 Å². The third kappa shape index (κ3) is 4.48. The highest BCUT2D eigenvalue weighted by molar-refractivity contribution is 7.99. The lowest BCUT2D eigenvalue weighted by atomic mass is 10.3. The van der Waals surface area contributed by atoms with E-state index in [-0.39, 0.29) is 18.1 Å². The van der Waals surface area contributed by atoms with Gasteiger partial charge in [-0.05, 0) is 36.4 Å². The van der Waals surface area contributed by atoms with E-state index in [4.69, 9.17) is 5.73 Å². The van der Waals surface area contributed by atoms with Crippen LogP contribution >= 0.6 is 34.4 Å². The highest BCUT2D eigenvalue weighted by atomic mass is 32.2. The zero-order valence-corrected chi connectivity index (χ0v) is 16.9. The van der Waals surface area contributed by atoms with E-state index in [2.05, 4.69) is 26.2 Å². The van der Waals surface area contributed by atoms with Crippen LogP contribution in [0, 0.1) is 0 Å². The van der Waals surface area contributed by atoms with E-state index < -0.39 is 0 Å². The van der Waals surface area contributed by atoms with E-state index in [9.17, 15) is 9.59 Å². The van der Waals surface area contributed by atoms with Crippen LogP contribution in [0.25, 0.3) is 0 Å². The van der Waals surface area contributed by atoms with Crippen molar-refractivity contribution in [1.29, 1.82) is 0 Å². The van der Waals surface area contributed by atoms with Crippen molar-refractivity contribution in [2.75, 3.05) is 5.75 Å². The van der Waals surface area contributed by atoms with Crippen LogP contribution in [0.4, 0.5) is 0 Å². The summed E-state index contributed by atoms with van der Waals surface area (Å²) in [6.07, 6.45) is 3.22. The molecule has 0 atom stereocenters. The van der Waals surface area contributed by atoms with E-state index in [0.29, 0.717) is 16.7 Å². The first-order chi connectivity index (χ1) is 13.1. The minimum absolute atomic E-state index is 0.0332. The largest absolute Gasteiger partial charge is 0.369 e. The summed E-state index contributed by atoms with van der Waals surface area (Å²) in [5.41, 5.74) is 5.21. The van der Waals surface area contributed by atoms with E-state index in [0.717, 1.165) is 35.1 Å². The summed E-state index contributed by atoms with van der Waals surface area (Å²) in [6.45, 7) is 0. The van der Waals surface area contributed by atoms with Gasteiger partial charge in [-0.1, -0.05) is 17.8 Å². The number of thiophene rings is 2. The third-order valence-corrected chi connectivity index (χ3v) is 7.12. The van der Waals surface area contributed by atoms with Crippen LogP contribution < -0.4 is 5.73 Å². The van der Waals surface area contributed by atoms with Crippen molar-refractivity contribution in [1.82, 2.24) is 14.8 Å². The van der Waals surface area contributed by atoms with Crippen molar-refractivity contribution in [3.8, 4) is 0 Å². The number of aromatic nitrogens is 3. The monoisotopic (exact) mass is 418 g/mol. The average Bonchev–Trinajstić information content (AvgIpc) is 3.02. The summed E-state index contributed by atoms with van der Waals surface area (Å²) < 4.78 is 2.20. The van der Waals surface area contributed by atoms with Crippen LogP contribution in [-0.2, 0) is 17.6 Å². The third-order valence-electron chi connectivity index (χ3n) is 4.18. The van der Waals surface area contributed by atoms with Crippen molar-refractivity contribution in [3.63, 3.8) is 0 Å². The molecule has 3 heterocycles. The summed E-state index contributed by atoms with van der Waals surface area (Å²) in [4.78, 5) is 26.2. The fourth-order valence-electron chi connectivity index (χ4n) is 2.79. The molecule has 3 aromatic heterocycles. The maximum Gasteiger partial charge on any atom is 0.222 e. The number of Topliss-reactive ketones (excluding diaryl/α,β-unsaturated/α-hetero) is 1. The maximum absolute atomic E-state index is 12.5. The number of ketones is 1. The molecule has 9 heteroatoms. The number of hydrogen-bond acceptors (Lipinski definition) is 7. The second kappa shape index (κ2) is 7.95. The topological polar surface area (TPSA) is 90.9 Å². The van der Waals surface area contributed by atoms with E-state index in [1.165, 1.54) is 28.0 Å². The van der Waals surface area contributed by atoms with Crippen molar-refractivity contribution >= 4 is 46.1 Å². The fraction of sp³-hybridized carbons (Fsp3) is 0.333. The summed E-state index contributed by atoms with van der Waals surface area (Å²) in [5, 5.41) is 11.6. The SMILES string of the molecule is NC(=O)Cc1ccc(C(=O)CSc2nnc(Cc3cccs3)n2C2CC2)s1. The quantitative estimate of drug-likeness (QED) is 0.425. The zero-order chi connectivity index (χ0) is 18.8. The molecule has 140 valence electrons. The van der Waals surface area contributed by atoms with Gasteiger partial charge >= 0.3 is 0 Å². The molecule has 2 N–H and O–H groups in total. The number of nitrogens with zero attached hydrogens (tertiary/aromatic N) is 3. The molecule has 0 aromatic carbocycles. The van der Waals surface area contributed by atoms with Crippen LogP contribution in [0.3, 0.4) is 0 Å². The standard InChI is InChI=1S/C18H18N4O2S3/c19-16(24)8-13-5-6-15(27-13)14(23)10-26-18-21-20-17(22(18)11-3-4-11)9-12-2-1-7-25-12/h1-2,5-7,11H,3-4,8-10H2,(H2,19,24). The fourth-order valence-corrected chi connectivity index (χ4v) is 5.45. The highest BCUT2D eigenvalue weighted by Gasteiger charge is 2.30. The van der Waals surface area contributed by atoms with Crippen molar-refractivity contribution in [3.05, 3.63) is 50.1 Å². The Hall–Kier alpha value is -1.97. The van der Waals surface area contributed by atoms with Crippen LogP contribution in [0.15, 0.2) is 34.8 Å². The Bertz CT molecular complexity index is 957. The van der Waals surface area contributed by atoms with E-state index in [1.54, 1.807) is 23.5 Å². The molecular weight excluding hydrogens is 400 g/mol. The predicted molar refractivity (Wildman–Crippen MR) is 108 cm³/mol. The smallest absolute Gasteiger partial charge is 0.222 e.